The van der Waals surface area contributed by atoms with E-state index >= 15 is 0 Å². The zero-order chi connectivity index (χ0) is 30.3. The molecular formula is C34H30N2O7. The van der Waals surface area contributed by atoms with Crippen LogP contribution in [0.3, 0.4) is 0 Å². The predicted octanol–water partition coefficient (Wildman–Crippen LogP) is 5.93. The number of nitrogens with zero attached hydrogens (tertiary/aromatic N) is 2. The first kappa shape index (κ1) is 29.1. The molecule has 0 fully saturated rings. The van der Waals surface area contributed by atoms with E-state index < -0.39 is 11.9 Å². The van der Waals surface area contributed by atoms with E-state index in [1.54, 1.807) is 24.3 Å². The number of ether oxygens (including phenoxy) is 4. The lowest BCUT2D eigenvalue weighted by atomic mass is 10.1. The van der Waals surface area contributed by atoms with Crippen molar-refractivity contribution < 1.29 is 33.3 Å². The van der Waals surface area contributed by atoms with Gasteiger partial charge in [-0.3, -0.25) is 18.8 Å². The van der Waals surface area contributed by atoms with Crippen molar-refractivity contribution in [1.82, 2.24) is 9.38 Å². The SMILES string of the molecule is CC(=O)OCOc1c(Cc2ccc(OC(C)=O)cc2)cc2c(Cc3ccccc3)nc(-c3ccc(OC(C)=O)cc3)cn12. The molecule has 0 N–H and O–H groups in total. The molecule has 43 heavy (non-hydrogen) atoms. The summed E-state index contributed by atoms with van der Waals surface area (Å²) < 4.78 is 23.5. The lowest BCUT2D eigenvalue weighted by Gasteiger charge is -2.13. The number of rotatable bonds is 10. The average Bonchev–Trinajstić information content (AvgIpc) is 3.31. The summed E-state index contributed by atoms with van der Waals surface area (Å²) in [6.45, 7) is 3.78. The number of esters is 3. The summed E-state index contributed by atoms with van der Waals surface area (Å²) >= 11 is 0. The molecule has 0 saturated carbocycles. The number of carbonyl (C=O) groups is 3. The van der Waals surface area contributed by atoms with Crippen LogP contribution in [0, 0.1) is 0 Å². The first-order valence-corrected chi connectivity index (χ1v) is 13.7. The van der Waals surface area contributed by atoms with E-state index in [1.165, 1.54) is 20.8 Å². The summed E-state index contributed by atoms with van der Waals surface area (Å²) in [6, 6.07) is 26.4. The van der Waals surface area contributed by atoms with E-state index in [4.69, 9.17) is 23.9 Å². The van der Waals surface area contributed by atoms with E-state index in [0.29, 0.717) is 35.9 Å². The second kappa shape index (κ2) is 13.0. The summed E-state index contributed by atoms with van der Waals surface area (Å²) in [5.74, 6) is 0.174. The molecule has 2 aromatic heterocycles. The van der Waals surface area contributed by atoms with Crippen molar-refractivity contribution >= 4 is 23.4 Å². The fraction of sp³-hybridized carbons (Fsp3) is 0.176. The third kappa shape index (κ3) is 7.45. The monoisotopic (exact) mass is 578 g/mol. The van der Waals surface area contributed by atoms with Gasteiger partial charge in [-0.2, -0.15) is 0 Å². The van der Waals surface area contributed by atoms with E-state index in [9.17, 15) is 14.4 Å². The molecule has 0 radical (unpaired) electrons. The number of carbonyl (C=O) groups excluding carboxylic acids is 3. The van der Waals surface area contributed by atoms with Gasteiger partial charge in [0, 0.05) is 50.9 Å². The Balaban J connectivity index is 1.61. The van der Waals surface area contributed by atoms with Gasteiger partial charge in [-0.1, -0.05) is 42.5 Å². The molecule has 0 spiro atoms. The van der Waals surface area contributed by atoms with E-state index in [0.717, 1.165) is 33.5 Å². The van der Waals surface area contributed by atoms with Crippen LogP contribution >= 0.6 is 0 Å². The summed E-state index contributed by atoms with van der Waals surface area (Å²) in [6.07, 6.45) is 2.93. The lowest BCUT2D eigenvalue weighted by molar-refractivity contribution is -0.147. The smallest absolute Gasteiger partial charge is 0.308 e. The Morgan fingerprint density at radius 3 is 1.93 bits per heavy atom. The lowest BCUT2D eigenvalue weighted by Crippen LogP contribution is -2.10. The molecule has 5 aromatic rings. The van der Waals surface area contributed by atoms with Gasteiger partial charge in [0.1, 0.15) is 11.5 Å². The highest BCUT2D eigenvalue weighted by Gasteiger charge is 2.19. The molecule has 0 atom stereocenters. The Hall–Kier alpha value is -5.44. The van der Waals surface area contributed by atoms with Gasteiger partial charge in [0.05, 0.1) is 16.9 Å². The van der Waals surface area contributed by atoms with Crippen LogP contribution in [-0.2, 0) is 32.0 Å². The summed E-state index contributed by atoms with van der Waals surface area (Å²) in [4.78, 5) is 39.3. The second-order valence-electron chi connectivity index (χ2n) is 9.90. The Labute approximate surface area is 248 Å². The standard InChI is InChI=1S/C34H30N2O7/c1-22(37)40-21-41-34-28(17-26-9-13-29(14-10-26)42-23(2)38)19-33-31(18-25-7-5-4-6-8-25)35-32(20-36(33)34)27-11-15-30(16-12-27)43-24(3)39/h4-16,19-20H,17-18,21H2,1-3H3. The molecule has 0 aliphatic carbocycles. The second-order valence-corrected chi connectivity index (χ2v) is 9.90. The van der Waals surface area contributed by atoms with E-state index in [-0.39, 0.29) is 12.8 Å². The molecular weight excluding hydrogens is 548 g/mol. The fourth-order valence-electron chi connectivity index (χ4n) is 4.70. The maximum absolute atomic E-state index is 11.5. The van der Waals surface area contributed by atoms with Crippen molar-refractivity contribution in [2.45, 2.75) is 33.6 Å². The molecule has 0 saturated heterocycles. The van der Waals surface area contributed by atoms with Gasteiger partial charge < -0.3 is 18.9 Å². The third-order valence-electron chi connectivity index (χ3n) is 6.53. The topological polar surface area (TPSA) is 105 Å². The van der Waals surface area contributed by atoms with Crippen LogP contribution in [0.15, 0.2) is 91.1 Å². The van der Waals surface area contributed by atoms with Crippen LogP contribution in [0.5, 0.6) is 17.4 Å². The quantitative estimate of drug-likeness (QED) is 0.114. The molecule has 0 unspecified atom stereocenters. The van der Waals surface area contributed by atoms with Crippen molar-refractivity contribution in [2.75, 3.05) is 6.79 Å². The minimum Gasteiger partial charge on any atom is -0.441 e. The molecule has 9 heteroatoms. The van der Waals surface area contributed by atoms with Crippen molar-refractivity contribution in [3.05, 3.63) is 114 Å². The van der Waals surface area contributed by atoms with Gasteiger partial charge in [-0.05, 0) is 53.6 Å². The number of aromatic nitrogens is 2. The number of benzene rings is 3. The van der Waals surface area contributed by atoms with Crippen LogP contribution < -0.4 is 14.2 Å². The molecule has 0 amide bonds. The Kier molecular flexibility index (Phi) is 8.81. The van der Waals surface area contributed by atoms with Crippen LogP contribution in [0.25, 0.3) is 16.8 Å². The number of hydrogen-bond acceptors (Lipinski definition) is 8. The molecule has 0 aliphatic rings. The van der Waals surface area contributed by atoms with Gasteiger partial charge in [0.2, 0.25) is 12.7 Å². The Morgan fingerprint density at radius 1 is 0.721 bits per heavy atom. The minimum atomic E-state index is -0.455. The maximum atomic E-state index is 11.5. The molecule has 9 nitrogen and oxygen atoms in total. The van der Waals surface area contributed by atoms with Crippen molar-refractivity contribution in [2.24, 2.45) is 0 Å². The van der Waals surface area contributed by atoms with Gasteiger partial charge in [0.25, 0.3) is 0 Å². The summed E-state index contributed by atoms with van der Waals surface area (Å²) in [5.41, 5.74) is 6.06. The normalized spacial score (nSPS) is 10.8. The molecule has 0 aliphatic heterocycles. The largest absolute Gasteiger partial charge is 0.441 e. The number of fused-ring (bicyclic) bond motifs is 1. The minimum absolute atomic E-state index is 0.261. The zero-order valence-electron chi connectivity index (χ0n) is 24.0. The highest BCUT2D eigenvalue weighted by molar-refractivity contribution is 5.71. The van der Waals surface area contributed by atoms with E-state index in [2.05, 4.69) is 0 Å². The highest BCUT2D eigenvalue weighted by atomic mass is 16.7. The van der Waals surface area contributed by atoms with Crippen LogP contribution in [0.2, 0.25) is 0 Å². The number of hydrogen-bond donors (Lipinski definition) is 0. The zero-order valence-corrected chi connectivity index (χ0v) is 24.0. The first-order chi connectivity index (χ1) is 20.7. The molecule has 2 heterocycles. The predicted molar refractivity (Wildman–Crippen MR) is 159 cm³/mol. The highest BCUT2D eigenvalue weighted by Crippen LogP contribution is 2.32. The average molecular weight is 579 g/mol. The first-order valence-electron chi connectivity index (χ1n) is 13.7. The van der Waals surface area contributed by atoms with Gasteiger partial charge in [-0.25, -0.2) is 4.98 Å². The van der Waals surface area contributed by atoms with Crippen LogP contribution in [-0.4, -0.2) is 34.1 Å². The fourth-order valence-corrected chi connectivity index (χ4v) is 4.70. The maximum Gasteiger partial charge on any atom is 0.308 e. The van der Waals surface area contributed by atoms with E-state index in [1.807, 2.05) is 71.3 Å². The van der Waals surface area contributed by atoms with Crippen LogP contribution in [0.4, 0.5) is 0 Å². The molecule has 5 rings (SSSR count). The van der Waals surface area contributed by atoms with Gasteiger partial charge in [-0.15, -0.1) is 0 Å². The van der Waals surface area contributed by atoms with Crippen LogP contribution in [0.1, 0.15) is 43.2 Å². The Bertz CT molecular complexity index is 1760. The molecule has 0 bridgehead atoms. The summed E-state index contributed by atoms with van der Waals surface area (Å²) in [7, 11) is 0. The molecule has 3 aromatic carbocycles. The molecule has 218 valence electrons. The van der Waals surface area contributed by atoms with Crippen molar-refractivity contribution in [3.63, 3.8) is 0 Å². The van der Waals surface area contributed by atoms with Crippen molar-refractivity contribution in [1.29, 1.82) is 0 Å². The Morgan fingerprint density at radius 2 is 1.33 bits per heavy atom. The third-order valence-corrected chi connectivity index (χ3v) is 6.53. The van der Waals surface area contributed by atoms with Gasteiger partial charge >= 0.3 is 17.9 Å². The van der Waals surface area contributed by atoms with Crippen molar-refractivity contribution in [3.8, 4) is 28.6 Å². The summed E-state index contributed by atoms with van der Waals surface area (Å²) in [5, 5.41) is 0. The van der Waals surface area contributed by atoms with Gasteiger partial charge in [0.15, 0.2) is 0 Å².